The van der Waals surface area contributed by atoms with E-state index in [1.54, 1.807) is 12.1 Å². The van der Waals surface area contributed by atoms with Crippen molar-refractivity contribution in [2.24, 2.45) is 5.92 Å². The summed E-state index contributed by atoms with van der Waals surface area (Å²) in [6, 6.07) is 11.0. The summed E-state index contributed by atoms with van der Waals surface area (Å²) in [5.41, 5.74) is 0.846. The highest BCUT2D eigenvalue weighted by Crippen LogP contribution is 2.21. The molecule has 90 valence electrons. The van der Waals surface area contributed by atoms with Crippen molar-refractivity contribution < 1.29 is 4.79 Å². The second-order valence-corrected chi connectivity index (χ2v) is 4.43. The van der Waals surface area contributed by atoms with Crippen molar-refractivity contribution in [3.63, 3.8) is 0 Å². The number of rotatable bonds is 3. The van der Waals surface area contributed by atoms with Crippen molar-refractivity contribution in [3.8, 4) is 6.07 Å². The van der Waals surface area contributed by atoms with Crippen LogP contribution in [0.5, 0.6) is 0 Å². The van der Waals surface area contributed by atoms with Gasteiger partial charge in [0.1, 0.15) is 6.07 Å². The molecule has 0 spiro atoms. The third-order valence-electron chi connectivity index (χ3n) is 3.11. The number of hydrogen-bond donors (Lipinski definition) is 0. The first-order valence-electron chi connectivity index (χ1n) is 6.18. The molecule has 1 aromatic carbocycles. The van der Waals surface area contributed by atoms with E-state index >= 15 is 0 Å². The van der Waals surface area contributed by atoms with Crippen LogP contribution < -0.4 is 0 Å². The molecule has 1 aromatic rings. The van der Waals surface area contributed by atoms with Crippen LogP contribution in [-0.4, -0.2) is 5.78 Å². The number of nitrogens with zero attached hydrogens (tertiary/aromatic N) is 1. The number of carbonyl (C=O) groups excluding carboxylic acids is 1. The largest absolute Gasteiger partial charge is 0.288 e. The molecular weight excluding hydrogens is 222 g/mol. The average Bonchev–Trinajstić information content (AvgIpc) is 2.46. The smallest absolute Gasteiger partial charge is 0.203 e. The van der Waals surface area contributed by atoms with Crippen LogP contribution in [0.3, 0.4) is 0 Å². The summed E-state index contributed by atoms with van der Waals surface area (Å²) < 4.78 is 0. The minimum absolute atomic E-state index is 0.173. The lowest BCUT2D eigenvalue weighted by Gasteiger charge is -2.13. The molecule has 1 aliphatic rings. The molecule has 2 rings (SSSR count). The normalized spacial score (nSPS) is 19.3. The Balaban J connectivity index is 2.19. The molecule has 0 heterocycles. The van der Waals surface area contributed by atoms with Gasteiger partial charge in [0, 0.05) is 5.56 Å². The van der Waals surface area contributed by atoms with Crippen molar-refractivity contribution in [2.45, 2.75) is 19.3 Å². The Hall–Kier alpha value is -2.14. The molecule has 0 bridgehead atoms. The quantitative estimate of drug-likeness (QED) is 0.348. The molecule has 2 nitrogen and oxygen atoms in total. The van der Waals surface area contributed by atoms with Crippen LogP contribution in [0.1, 0.15) is 29.6 Å². The van der Waals surface area contributed by atoms with Gasteiger partial charge in [-0.1, -0.05) is 48.6 Å². The van der Waals surface area contributed by atoms with Crippen LogP contribution in [-0.2, 0) is 0 Å². The number of nitriles is 1. The van der Waals surface area contributed by atoms with E-state index in [1.165, 1.54) is 0 Å². The predicted molar refractivity (Wildman–Crippen MR) is 70.9 cm³/mol. The highest BCUT2D eigenvalue weighted by atomic mass is 16.1. The number of benzene rings is 1. The maximum absolute atomic E-state index is 12.1. The van der Waals surface area contributed by atoms with Crippen LogP contribution in [0, 0.1) is 17.2 Å². The summed E-state index contributed by atoms with van der Waals surface area (Å²) in [5, 5.41) is 9.13. The lowest BCUT2D eigenvalue weighted by atomic mass is 9.91. The lowest BCUT2D eigenvalue weighted by molar-refractivity contribution is 0.103. The second kappa shape index (κ2) is 5.97. The summed E-state index contributed by atoms with van der Waals surface area (Å²) in [7, 11) is 0. The Morgan fingerprint density at radius 3 is 2.67 bits per heavy atom. The molecule has 0 saturated heterocycles. The van der Waals surface area contributed by atoms with E-state index in [0.29, 0.717) is 11.5 Å². The summed E-state index contributed by atoms with van der Waals surface area (Å²) in [4.78, 5) is 12.1. The number of hydrogen-bond acceptors (Lipinski definition) is 2. The van der Waals surface area contributed by atoms with Crippen LogP contribution in [0.4, 0.5) is 0 Å². The molecular formula is C16H15NO. The molecule has 0 aromatic heterocycles. The first kappa shape index (κ1) is 12.3. The van der Waals surface area contributed by atoms with Gasteiger partial charge in [0.15, 0.2) is 0 Å². The zero-order valence-electron chi connectivity index (χ0n) is 10.2. The summed E-state index contributed by atoms with van der Waals surface area (Å²) in [6.07, 6.45) is 9.07. The number of carbonyl (C=O) groups is 1. The van der Waals surface area contributed by atoms with Gasteiger partial charge in [-0.3, -0.25) is 4.79 Å². The Morgan fingerprint density at radius 2 is 2.06 bits per heavy atom. The third-order valence-corrected chi connectivity index (χ3v) is 3.11. The predicted octanol–water partition coefficient (Wildman–Crippen LogP) is 3.68. The molecule has 0 fully saturated rings. The van der Waals surface area contributed by atoms with Gasteiger partial charge < -0.3 is 0 Å². The minimum Gasteiger partial charge on any atom is -0.288 e. The fraction of sp³-hybridized carbons (Fsp3) is 0.250. The zero-order valence-corrected chi connectivity index (χ0v) is 10.2. The Labute approximate surface area is 107 Å². The molecule has 2 heteroatoms. The van der Waals surface area contributed by atoms with Gasteiger partial charge in [-0.15, -0.1) is 0 Å². The van der Waals surface area contributed by atoms with E-state index < -0.39 is 0 Å². The van der Waals surface area contributed by atoms with Gasteiger partial charge in [-0.05, 0) is 25.2 Å². The van der Waals surface area contributed by atoms with Crippen LogP contribution in [0.15, 0.2) is 54.1 Å². The Bertz CT molecular complexity index is 520. The molecule has 1 aliphatic carbocycles. The first-order chi connectivity index (χ1) is 8.81. The lowest BCUT2D eigenvalue weighted by Crippen LogP contribution is -2.06. The van der Waals surface area contributed by atoms with Crippen molar-refractivity contribution in [1.82, 2.24) is 0 Å². The van der Waals surface area contributed by atoms with Crippen molar-refractivity contribution >= 4 is 5.78 Å². The summed E-state index contributed by atoms with van der Waals surface area (Å²) in [5.74, 6) is 0.143. The molecule has 1 atom stereocenters. The molecule has 0 N–H and O–H groups in total. The highest BCUT2D eigenvalue weighted by Gasteiger charge is 2.15. The van der Waals surface area contributed by atoms with E-state index in [1.807, 2.05) is 30.3 Å². The molecule has 18 heavy (non-hydrogen) atoms. The van der Waals surface area contributed by atoms with Crippen LogP contribution >= 0.6 is 0 Å². The van der Waals surface area contributed by atoms with Gasteiger partial charge in [-0.25, -0.2) is 0 Å². The maximum atomic E-state index is 12.1. The van der Waals surface area contributed by atoms with E-state index in [0.717, 1.165) is 19.3 Å². The minimum atomic E-state index is -0.173. The Kier molecular flexibility index (Phi) is 4.09. The third kappa shape index (κ3) is 2.95. The molecule has 0 aliphatic heterocycles. The van der Waals surface area contributed by atoms with E-state index in [4.69, 9.17) is 5.26 Å². The van der Waals surface area contributed by atoms with Crippen molar-refractivity contribution in [1.29, 1.82) is 5.26 Å². The van der Waals surface area contributed by atoms with Crippen LogP contribution in [0.2, 0.25) is 0 Å². The molecule has 0 unspecified atom stereocenters. The van der Waals surface area contributed by atoms with Crippen molar-refractivity contribution in [2.75, 3.05) is 0 Å². The van der Waals surface area contributed by atoms with E-state index in [9.17, 15) is 4.79 Å². The summed E-state index contributed by atoms with van der Waals surface area (Å²) >= 11 is 0. The number of ketones is 1. The fourth-order valence-corrected chi connectivity index (χ4v) is 2.11. The standard InChI is InChI=1S/C16H15NO/c17-12-15(11-13-7-3-1-4-8-13)16(18)14-9-5-2-6-10-14/h1-3,5-6,9-11,13H,4,7-8H2/b15-11+/t13-/m0/s1. The van der Waals surface area contributed by atoms with Gasteiger partial charge in [0.05, 0.1) is 5.57 Å². The monoisotopic (exact) mass is 237 g/mol. The highest BCUT2D eigenvalue weighted by molar-refractivity contribution is 6.11. The number of Topliss-reactive ketones (excluding diaryl/α,β-unsaturated/α-hetero) is 1. The van der Waals surface area contributed by atoms with Gasteiger partial charge in [-0.2, -0.15) is 5.26 Å². The second-order valence-electron chi connectivity index (χ2n) is 4.43. The van der Waals surface area contributed by atoms with Gasteiger partial charge in [0.2, 0.25) is 5.78 Å². The molecule has 0 amide bonds. The number of allylic oxidation sites excluding steroid dienone is 4. The average molecular weight is 237 g/mol. The molecule has 0 saturated carbocycles. The van der Waals surface area contributed by atoms with E-state index in [-0.39, 0.29) is 11.4 Å². The topological polar surface area (TPSA) is 40.9 Å². The van der Waals surface area contributed by atoms with Crippen LogP contribution in [0.25, 0.3) is 0 Å². The summed E-state index contributed by atoms with van der Waals surface area (Å²) in [6.45, 7) is 0. The van der Waals surface area contributed by atoms with Gasteiger partial charge >= 0.3 is 0 Å². The first-order valence-corrected chi connectivity index (χ1v) is 6.18. The SMILES string of the molecule is N#C/C(=C\[C@H]1CC=CCC1)C(=O)c1ccccc1. The van der Waals surface area contributed by atoms with Crippen molar-refractivity contribution in [3.05, 3.63) is 59.7 Å². The maximum Gasteiger partial charge on any atom is 0.203 e. The van der Waals surface area contributed by atoms with E-state index in [2.05, 4.69) is 12.2 Å². The molecule has 0 radical (unpaired) electrons. The van der Waals surface area contributed by atoms with Gasteiger partial charge in [0.25, 0.3) is 0 Å². The zero-order chi connectivity index (χ0) is 12.8. The fourth-order valence-electron chi connectivity index (χ4n) is 2.11. The Morgan fingerprint density at radius 1 is 1.28 bits per heavy atom.